The zero-order valence-corrected chi connectivity index (χ0v) is 18.7. The van der Waals surface area contributed by atoms with Crippen LogP contribution in [0.2, 0.25) is 0 Å². The first-order chi connectivity index (χ1) is 16.4. The number of alkyl halides is 3. The Morgan fingerprint density at radius 3 is 2.34 bits per heavy atom. The molecule has 1 fully saturated rings. The van der Waals surface area contributed by atoms with Crippen LogP contribution in [0.4, 0.5) is 26.3 Å². The van der Waals surface area contributed by atoms with Gasteiger partial charge in [0.25, 0.3) is 0 Å². The van der Waals surface area contributed by atoms with Crippen molar-refractivity contribution in [3.8, 4) is 0 Å². The average molecular weight is 524 g/mol. The molecule has 0 amide bonds. The van der Waals surface area contributed by atoms with Gasteiger partial charge in [0.05, 0.1) is 24.8 Å². The summed E-state index contributed by atoms with van der Waals surface area (Å²) in [7, 11) is 0. The fourth-order valence-electron chi connectivity index (χ4n) is 3.47. The molecular formula is C22H22F6N2O4S. The summed E-state index contributed by atoms with van der Waals surface area (Å²) < 4.78 is 83.8. The van der Waals surface area contributed by atoms with Crippen molar-refractivity contribution in [1.29, 1.82) is 0 Å². The fraction of sp³-hybridized carbons (Fsp3) is 0.364. The van der Waals surface area contributed by atoms with Gasteiger partial charge in [-0.15, -0.1) is 0 Å². The first kappa shape index (κ1) is 27.1. The van der Waals surface area contributed by atoms with E-state index < -0.39 is 66.4 Å². The van der Waals surface area contributed by atoms with Crippen molar-refractivity contribution in [2.45, 2.75) is 47.3 Å². The van der Waals surface area contributed by atoms with Gasteiger partial charge in [-0.25, -0.2) is 13.2 Å². The first-order valence-electron chi connectivity index (χ1n) is 10.2. The number of rotatable bonds is 7. The molecule has 0 saturated carbocycles. The number of halogens is 6. The van der Waals surface area contributed by atoms with Crippen LogP contribution in [0.15, 0.2) is 47.5 Å². The van der Waals surface area contributed by atoms with Gasteiger partial charge in [-0.1, -0.05) is 23.9 Å². The third kappa shape index (κ3) is 6.82. The molecule has 0 aliphatic carbocycles. The van der Waals surface area contributed by atoms with Crippen LogP contribution in [0.25, 0.3) is 5.70 Å². The van der Waals surface area contributed by atoms with E-state index >= 15 is 0 Å². The molecule has 0 aromatic heterocycles. The maximum atomic E-state index is 13.5. The first-order valence-corrected chi connectivity index (χ1v) is 11.1. The second-order valence-electron chi connectivity index (χ2n) is 7.81. The number of thioether (sulfide) groups is 1. The molecule has 6 nitrogen and oxygen atoms in total. The molecule has 5 atom stereocenters. The van der Waals surface area contributed by atoms with Crippen LogP contribution in [0.5, 0.6) is 0 Å². The summed E-state index contributed by atoms with van der Waals surface area (Å²) in [5.74, 6) is -4.60. The van der Waals surface area contributed by atoms with Crippen LogP contribution in [0, 0.1) is 17.5 Å². The quantitative estimate of drug-likeness (QED) is 0.280. The molecule has 1 heterocycles. The van der Waals surface area contributed by atoms with Crippen molar-refractivity contribution in [2.75, 3.05) is 6.61 Å². The summed E-state index contributed by atoms with van der Waals surface area (Å²) in [6.45, 7) is -0.648. The molecule has 2 aromatic rings. The molecular weight excluding hydrogens is 502 g/mol. The van der Waals surface area contributed by atoms with Gasteiger partial charge >= 0.3 is 6.18 Å². The summed E-state index contributed by atoms with van der Waals surface area (Å²) >= 11 is 0.879. The predicted octanol–water partition coefficient (Wildman–Crippen LogP) is 2.66. The lowest BCUT2D eigenvalue weighted by Crippen LogP contribution is -2.62. The molecule has 3 rings (SSSR count). The Hall–Kier alpha value is -2.45. The molecule has 0 bridgehead atoms. The Morgan fingerprint density at radius 2 is 1.74 bits per heavy atom. The molecule has 2 aromatic carbocycles. The largest absolute Gasteiger partial charge is 0.397 e. The average Bonchev–Trinajstić information content (AvgIpc) is 2.77. The van der Waals surface area contributed by atoms with E-state index in [-0.39, 0.29) is 16.8 Å². The Morgan fingerprint density at radius 1 is 1.09 bits per heavy atom. The van der Waals surface area contributed by atoms with Crippen molar-refractivity contribution in [3.05, 3.63) is 71.2 Å². The Bertz CT molecular complexity index is 1050. The number of benzene rings is 2. The molecule has 1 saturated heterocycles. The molecule has 1 aliphatic rings. The van der Waals surface area contributed by atoms with Crippen molar-refractivity contribution in [1.82, 2.24) is 5.32 Å². The summed E-state index contributed by atoms with van der Waals surface area (Å²) in [6, 6.07) is 5.62. The predicted molar refractivity (Wildman–Crippen MR) is 115 cm³/mol. The van der Waals surface area contributed by atoms with Gasteiger partial charge in [0.2, 0.25) is 0 Å². The number of hydrogen-bond acceptors (Lipinski definition) is 7. The Balaban J connectivity index is 1.78. The molecule has 192 valence electrons. The summed E-state index contributed by atoms with van der Waals surface area (Å²) in [4.78, 5) is 0.343. The third-order valence-electron chi connectivity index (χ3n) is 5.19. The van der Waals surface area contributed by atoms with E-state index in [1.807, 2.05) is 0 Å². The molecule has 13 heteroatoms. The monoisotopic (exact) mass is 524 g/mol. The van der Waals surface area contributed by atoms with Crippen LogP contribution in [-0.4, -0.2) is 57.9 Å². The van der Waals surface area contributed by atoms with Crippen LogP contribution >= 0.6 is 11.8 Å². The summed E-state index contributed by atoms with van der Waals surface area (Å²) in [5.41, 5.74) is 4.20. The minimum absolute atomic E-state index is 0.00399. The highest BCUT2D eigenvalue weighted by atomic mass is 32.2. The number of nitrogens with one attached hydrogen (secondary N) is 1. The van der Waals surface area contributed by atoms with Crippen molar-refractivity contribution < 1.29 is 46.4 Å². The molecule has 6 N–H and O–H groups in total. The van der Waals surface area contributed by atoms with E-state index in [9.17, 15) is 41.7 Å². The lowest BCUT2D eigenvalue weighted by Gasteiger charge is -2.42. The SMILES string of the molecule is N/C(=C\NC1C(O)C(CO)OC(Sc2cccc(CC(F)(F)F)c2)C1O)c1cc(F)c(F)c(F)c1. The van der Waals surface area contributed by atoms with E-state index in [2.05, 4.69) is 5.32 Å². The number of nitrogens with two attached hydrogens (primary N) is 1. The Kier molecular flexibility index (Phi) is 8.59. The van der Waals surface area contributed by atoms with Gasteiger partial charge in [0.15, 0.2) is 17.5 Å². The van der Waals surface area contributed by atoms with E-state index in [1.165, 1.54) is 24.3 Å². The summed E-state index contributed by atoms with van der Waals surface area (Å²) in [5, 5.41) is 33.4. The zero-order chi connectivity index (χ0) is 25.9. The van der Waals surface area contributed by atoms with Crippen LogP contribution in [0.1, 0.15) is 11.1 Å². The second-order valence-corrected chi connectivity index (χ2v) is 8.98. The van der Waals surface area contributed by atoms with Crippen LogP contribution in [0.3, 0.4) is 0 Å². The maximum absolute atomic E-state index is 13.5. The molecule has 35 heavy (non-hydrogen) atoms. The van der Waals surface area contributed by atoms with Gasteiger partial charge in [0, 0.05) is 16.7 Å². The molecule has 5 unspecified atom stereocenters. The van der Waals surface area contributed by atoms with Gasteiger partial charge in [0.1, 0.15) is 23.7 Å². The standard InChI is InChI=1S/C22H22F6N2O4S/c23-13-5-11(6-14(24)17(13)25)15(29)8-30-18-19(32)16(9-31)34-21(20(18)33)35-12-3-1-2-10(4-12)7-22(26,27)28/h1-6,8,16,18-21,30-33H,7,9,29H2/b15-8-. The van der Waals surface area contributed by atoms with Gasteiger partial charge in [-0.05, 0) is 29.8 Å². The zero-order valence-electron chi connectivity index (χ0n) is 17.8. The topological polar surface area (TPSA) is 108 Å². The smallest absolute Gasteiger partial charge is 0.393 e. The lowest BCUT2D eigenvalue weighted by molar-refractivity contribution is -0.164. The molecule has 1 aliphatic heterocycles. The van der Waals surface area contributed by atoms with Crippen molar-refractivity contribution in [3.63, 3.8) is 0 Å². The highest BCUT2D eigenvalue weighted by Crippen LogP contribution is 2.34. The molecule has 0 spiro atoms. The maximum Gasteiger partial charge on any atom is 0.393 e. The van der Waals surface area contributed by atoms with Crippen molar-refractivity contribution >= 4 is 17.5 Å². The van der Waals surface area contributed by atoms with Gasteiger partial charge in [-0.3, -0.25) is 0 Å². The highest BCUT2D eigenvalue weighted by Gasteiger charge is 2.44. The number of aliphatic hydroxyl groups excluding tert-OH is 3. The Labute approximate surface area is 200 Å². The molecule has 0 radical (unpaired) electrons. The highest BCUT2D eigenvalue weighted by molar-refractivity contribution is 7.99. The minimum atomic E-state index is -4.41. The van der Waals surface area contributed by atoms with E-state index in [0.717, 1.165) is 18.0 Å². The number of ether oxygens (including phenoxy) is 1. The normalized spacial score (nSPS) is 25.5. The van der Waals surface area contributed by atoms with Gasteiger partial charge < -0.3 is 31.1 Å². The van der Waals surface area contributed by atoms with E-state index in [0.29, 0.717) is 17.0 Å². The lowest BCUT2D eigenvalue weighted by atomic mass is 9.97. The number of aliphatic hydroxyl groups is 3. The van der Waals surface area contributed by atoms with E-state index in [4.69, 9.17) is 10.5 Å². The minimum Gasteiger partial charge on any atom is -0.397 e. The second kappa shape index (κ2) is 11.1. The number of hydrogen-bond donors (Lipinski definition) is 5. The van der Waals surface area contributed by atoms with Crippen molar-refractivity contribution in [2.24, 2.45) is 5.73 Å². The van der Waals surface area contributed by atoms with Gasteiger partial charge in [-0.2, -0.15) is 13.2 Å². The third-order valence-corrected chi connectivity index (χ3v) is 6.34. The van der Waals surface area contributed by atoms with E-state index in [1.54, 1.807) is 0 Å². The van der Waals surface area contributed by atoms with Crippen LogP contribution < -0.4 is 11.1 Å². The fourth-order valence-corrected chi connectivity index (χ4v) is 4.62. The summed E-state index contributed by atoms with van der Waals surface area (Å²) in [6.07, 6.45) is -8.62. The van der Waals surface area contributed by atoms with Crippen LogP contribution in [-0.2, 0) is 11.2 Å².